The van der Waals surface area contributed by atoms with E-state index < -0.39 is 0 Å². The van der Waals surface area contributed by atoms with Crippen LogP contribution >= 0.6 is 12.2 Å². The first kappa shape index (κ1) is 21.6. The number of benzene rings is 1. The van der Waals surface area contributed by atoms with Crippen molar-refractivity contribution in [1.29, 1.82) is 0 Å². The van der Waals surface area contributed by atoms with Crippen molar-refractivity contribution in [2.75, 3.05) is 11.9 Å². The maximum absolute atomic E-state index is 12.6. The monoisotopic (exact) mass is 459 g/mol. The number of pyridine rings is 1. The number of anilines is 1. The molecule has 1 aromatic carbocycles. The number of aromatic nitrogens is 2. The van der Waals surface area contributed by atoms with E-state index in [0.717, 1.165) is 11.4 Å². The molecule has 0 unspecified atom stereocenters. The molecule has 1 saturated heterocycles. The minimum Gasteiger partial charge on any atom is -0.352 e. The third-order valence-electron chi connectivity index (χ3n) is 6.66. The molecule has 3 heterocycles. The summed E-state index contributed by atoms with van der Waals surface area (Å²) in [6, 6.07) is 18.2. The van der Waals surface area contributed by atoms with Gasteiger partial charge in [-0.2, -0.15) is 0 Å². The van der Waals surface area contributed by atoms with Gasteiger partial charge in [0.2, 0.25) is 5.91 Å². The fourth-order valence-corrected chi connectivity index (χ4v) is 5.34. The predicted octanol–water partition coefficient (Wildman–Crippen LogP) is 5.00. The van der Waals surface area contributed by atoms with Crippen molar-refractivity contribution in [3.8, 4) is 0 Å². The van der Waals surface area contributed by atoms with E-state index in [1.807, 2.05) is 54.7 Å². The van der Waals surface area contributed by atoms with E-state index in [9.17, 15) is 4.79 Å². The lowest BCUT2D eigenvalue weighted by Crippen LogP contribution is -2.32. The summed E-state index contributed by atoms with van der Waals surface area (Å²) in [5.74, 6) is -0.0208. The van der Waals surface area contributed by atoms with Crippen LogP contribution in [-0.4, -0.2) is 32.0 Å². The molecule has 6 nitrogen and oxygen atoms in total. The number of nitrogens with zero attached hydrogens (tertiary/aromatic N) is 3. The minimum absolute atomic E-state index is 0.0143. The molecule has 2 N–H and O–H groups in total. The van der Waals surface area contributed by atoms with Crippen LogP contribution in [0.2, 0.25) is 0 Å². The Labute approximate surface area is 200 Å². The number of thiocarbonyl (C=S) groups is 1. The van der Waals surface area contributed by atoms with E-state index in [1.54, 1.807) is 0 Å². The molecule has 1 aliphatic carbocycles. The van der Waals surface area contributed by atoms with Crippen LogP contribution in [0.3, 0.4) is 0 Å². The maximum Gasteiger partial charge on any atom is 0.226 e. The van der Waals surface area contributed by atoms with Crippen molar-refractivity contribution in [3.05, 3.63) is 84.4 Å². The van der Waals surface area contributed by atoms with Gasteiger partial charge < -0.3 is 20.1 Å². The van der Waals surface area contributed by atoms with Gasteiger partial charge in [-0.1, -0.05) is 37.1 Å². The summed E-state index contributed by atoms with van der Waals surface area (Å²) in [5.41, 5.74) is 2.96. The van der Waals surface area contributed by atoms with Crippen LogP contribution < -0.4 is 10.6 Å². The lowest BCUT2D eigenvalue weighted by Gasteiger charge is -2.27. The summed E-state index contributed by atoms with van der Waals surface area (Å²) in [5, 5.41) is 7.11. The molecule has 7 heteroatoms. The van der Waals surface area contributed by atoms with Crippen LogP contribution in [0.5, 0.6) is 0 Å². The molecule has 2 atom stereocenters. The van der Waals surface area contributed by atoms with E-state index in [-0.39, 0.29) is 18.0 Å². The Morgan fingerprint density at radius 1 is 1.09 bits per heavy atom. The molecule has 0 bridgehead atoms. The quantitative estimate of drug-likeness (QED) is 0.487. The first-order valence-corrected chi connectivity index (χ1v) is 12.1. The Kier molecular flexibility index (Phi) is 6.39. The molecule has 0 spiro atoms. The van der Waals surface area contributed by atoms with Gasteiger partial charge in [0.1, 0.15) is 0 Å². The Bertz CT molecular complexity index is 1090. The van der Waals surface area contributed by atoms with Gasteiger partial charge in [0.05, 0.1) is 17.8 Å². The summed E-state index contributed by atoms with van der Waals surface area (Å²) in [4.78, 5) is 19.4. The average molecular weight is 460 g/mol. The largest absolute Gasteiger partial charge is 0.352 e. The third kappa shape index (κ3) is 4.78. The van der Waals surface area contributed by atoms with Crippen LogP contribution in [0.15, 0.2) is 73.2 Å². The lowest BCUT2D eigenvalue weighted by molar-refractivity contribution is -0.116. The van der Waals surface area contributed by atoms with Crippen LogP contribution in [0.4, 0.5) is 5.69 Å². The second-order valence-electron chi connectivity index (χ2n) is 8.81. The Balaban J connectivity index is 1.36. The van der Waals surface area contributed by atoms with Crippen molar-refractivity contribution in [2.45, 2.75) is 50.2 Å². The van der Waals surface area contributed by atoms with Crippen molar-refractivity contribution < 1.29 is 4.79 Å². The molecular formula is C26H29N5OS. The highest BCUT2D eigenvalue weighted by atomic mass is 32.1. The van der Waals surface area contributed by atoms with Gasteiger partial charge in [0, 0.05) is 43.3 Å². The highest BCUT2D eigenvalue weighted by Crippen LogP contribution is 2.40. The average Bonchev–Trinajstić information content (AvgIpc) is 3.59. The van der Waals surface area contributed by atoms with Gasteiger partial charge in [-0.05, 0) is 61.0 Å². The zero-order valence-electron chi connectivity index (χ0n) is 18.6. The van der Waals surface area contributed by atoms with Crippen molar-refractivity contribution in [2.24, 2.45) is 0 Å². The molecule has 1 amide bonds. The second kappa shape index (κ2) is 9.75. The highest BCUT2D eigenvalue weighted by molar-refractivity contribution is 7.80. The Morgan fingerprint density at radius 3 is 2.64 bits per heavy atom. The summed E-state index contributed by atoms with van der Waals surface area (Å²) in [6.45, 7) is 0.535. The van der Waals surface area contributed by atoms with E-state index in [1.165, 1.54) is 31.2 Å². The van der Waals surface area contributed by atoms with Gasteiger partial charge in [-0.25, -0.2) is 0 Å². The van der Waals surface area contributed by atoms with Gasteiger partial charge in [-0.3, -0.25) is 9.78 Å². The zero-order chi connectivity index (χ0) is 22.6. The topological polar surface area (TPSA) is 62.2 Å². The molecule has 33 heavy (non-hydrogen) atoms. The van der Waals surface area contributed by atoms with Gasteiger partial charge in [-0.15, -0.1) is 0 Å². The molecule has 2 aromatic heterocycles. The first-order valence-electron chi connectivity index (χ1n) is 11.7. The number of hydrogen-bond acceptors (Lipinski definition) is 3. The van der Waals surface area contributed by atoms with Crippen molar-refractivity contribution in [1.82, 2.24) is 19.8 Å². The summed E-state index contributed by atoms with van der Waals surface area (Å²) < 4.78 is 2.36. The van der Waals surface area contributed by atoms with Crippen LogP contribution in [0.1, 0.15) is 61.5 Å². The molecule has 170 valence electrons. The molecule has 0 radical (unpaired) electrons. The Hall–Kier alpha value is -3.19. The third-order valence-corrected chi connectivity index (χ3v) is 7.01. The van der Waals surface area contributed by atoms with Crippen molar-refractivity contribution >= 4 is 28.9 Å². The number of carbonyl (C=O) groups excluding carboxylic acids is 1. The number of para-hydroxylation sites is 1. The fourth-order valence-electron chi connectivity index (χ4n) is 5.01. The molecule has 3 aromatic rings. The molecule has 5 rings (SSSR count). The molecule has 1 saturated carbocycles. The Morgan fingerprint density at radius 2 is 1.88 bits per heavy atom. The van der Waals surface area contributed by atoms with Crippen molar-refractivity contribution in [3.63, 3.8) is 0 Å². The van der Waals surface area contributed by atoms with Gasteiger partial charge in [0.15, 0.2) is 5.11 Å². The smallest absolute Gasteiger partial charge is 0.226 e. The minimum atomic E-state index is -0.0599. The number of amides is 1. The standard InChI is InChI=1S/C26H29N5OS/c32-23(28-20-8-2-1-3-9-20)14-17-31-25(19-13-16-30(18-19)21-10-4-5-11-21)24(29-26(31)33)22-12-6-7-15-27-22/h1-3,6-9,12-13,15-16,18,21,24-25H,4-5,10-11,14,17H2,(H,28,32)(H,29,33)/t24-,25-/m1/s1. The second-order valence-corrected chi connectivity index (χ2v) is 9.20. The number of hydrogen-bond donors (Lipinski definition) is 2. The normalized spacial score (nSPS) is 20.7. The molecule has 2 aliphatic rings. The lowest BCUT2D eigenvalue weighted by atomic mass is 9.99. The van der Waals surface area contributed by atoms with E-state index in [4.69, 9.17) is 12.2 Å². The predicted molar refractivity (Wildman–Crippen MR) is 134 cm³/mol. The van der Waals surface area contributed by atoms with E-state index in [2.05, 4.69) is 43.5 Å². The number of rotatable bonds is 7. The van der Waals surface area contributed by atoms with E-state index >= 15 is 0 Å². The highest BCUT2D eigenvalue weighted by Gasteiger charge is 2.40. The number of carbonyl (C=O) groups is 1. The SMILES string of the molecule is O=C(CCN1C(=S)N[C@H](c2ccccn2)[C@H]1c1ccn(C2CCCC2)c1)Nc1ccccc1. The molecule has 2 fully saturated rings. The first-order chi connectivity index (χ1) is 16.2. The van der Waals surface area contributed by atoms with Crippen LogP contribution in [-0.2, 0) is 4.79 Å². The van der Waals surface area contributed by atoms with Crippen LogP contribution in [0.25, 0.3) is 0 Å². The summed E-state index contributed by atoms with van der Waals surface area (Å²) >= 11 is 5.74. The maximum atomic E-state index is 12.6. The summed E-state index contributed by atoms with van der Waals surface area (Å²) in [6.07, 6.45) is 11.7. The zero-order valence-corrected chi connectivity index (χ0v) is 19.4. The van der Waals surface area contributed by atoms with Gasteiger partial charge in [0.25, 0.3) is 0 Å². The molecule has 1 aliphatic heterocycles. The number of nitrogens with one attached hydrogen (secondary N) is 2. The molecular weight excluding hydrogens is 430 g/mol. The van der Waals surface area contributed by atoms with E-state index in [0.29, 0.717) is 24.1 Å². The fraction of sp³-hybridized carbons (Fsp3) is 0.346. The summed E-state index contributed by atoms with van der Waals surface area (Å²) in [7, 11) is 0. The van der Waals surface area contributed by atoms with Gasteiger partial charge >= 0.3 is 0 Å². The van der Waals surface area contributed by atoms with Crippen LogP contribution in [0, 0.1) is 0 Å².